The van der Waals surface area contributed by atoms with Crippen molar-refractivity contribution in [2.24, 2.45) is 0 Å². The molecule has 1 aromatic heterocycles. The van der Waals surface area contributed by atoms with E-state index in [0.717, 1.165) is 19.3 Å². The fourth-order valence-corrected chi connectivity index (χ4v) is 2.85. The lowest BCUT2D eigenvalue weighted by Gasteiger charge is -2.03. The van der Waals surface area contributed by atoms with Crippen LogP contribution in [0.2, 0.25) is 0 Å². The molecule has 102 valence electrons. The number of carbonyl (C=O) groups excluding carboxylic acids is 1. The van der Waals surface area contributed by atoms with E-state index < -0.39 is 0 Å². The minimum Gasteiger partial charge on any atom is -0.382 e. The molecule has 0 aliphatic heterocycles. The Labute approximate surface area is 112 Å². The van der Waals surface area contributed by atoms with Crippen molar-refractivity contribution in [2.75, 3.05) is 20.3 Å². The standard InChI is InChI=1S/C13H21NO3S/c1-4-6-11-10(5-2)9-12(18-11)13(15)14-17-8-7-16-3/h9H,4-8H2,1-3H3,(H,14,15). The highest BCUT2D eigenvalue weighted by Gasteiger charge is 2.13. The third-order valence-electron chi connectivity index (χ3n) is 2.53. The molecule has 0 spiro atoms. The predicted molar refractivity (Wildman–Crippen MR) is 73.0 cm³/mol. The monoisotopic (exact) mass is 271 g/mol. The maximum absolute atomic E-state index is 11.8. The zero-order valence-corrected chi connectivity index (χ0v) is 12.1. The van der Waals surface area contributed by atoms with Gasteiger partial charge in [-0.2, -0.15) is 0 Å². The van der Waals surface area contributed by atoms with E-state index in [1.807, 2.05) is 6.07 Å². The van der Waals surface area contributed by atoms with Gasteiger partial charge in [0.05, 0.1) is 18.1 Å². The molecule has 0 radical (unpaired) electrons. The molecule has 0 unspecified atom stereocenters. The van der Waals surface area contributed by atoms with Crippen LogP contribution in [-0.2, 0) is 22.4 Å². The summed E-state index contributed by atoms with van der Waals surface area (Å²) >= 11 is 1.56. The molecule has 1 N–H and O–H groups in total. The number of hydroxylamine groups is 1. The van der Waals surface area contributed by atoms with Crippen LogP contribution in [-0.4, -0.2) is 26.2 Å². The van der Waals surface area contributed by atoms with Gasteiger partial charge in [0.25, 0.3) is 5.91 Å². The van der Waals surface area contributed by atoms with Gasteiger partial charge < -0.3 is 4.74 Å². The highest BCUT2D eigenvalue weighted by molar-refractivity contribution is 7.14. The van der Waals surface area contributed by atoms with Crippen LogP contribution in [0.1, 0.15) is 40.4 Å². The second kappa shape index (κ2) is 8.24. The minimum absolute atomic E-state index is 0.173. The molecule has 5 heteroatoms. The van der Waals surface area contributed by atoms with E-state index >= 15 is 0 Å². The lowest BCUT2D eigenvalue weighted by molar-refractivity contribution is 0.00914. The molecule has 0 aliphatic carbocycles. The van der Waals surface area contributed by atoms with E-state index in [-0.39, 0.29) is 5.91 Å². The van der Waals surface area contributed by atoms with Crippen molar-refractivity contribution in [2.45, 2.75) is 33.1 Å². The lowest BCUT2D eigenvalue weighted by atomic mass is 10.1. The molecule has 0 aromatic carbocycles. The molecule has 0 bridgehead atoms. The van der Waals surface area contributed by atoms with Gasteiger partial charge in [0, 0.05) is 12.0 Å². The number of hydrogen-bond acceptors (Lipinski definition) is 4. The number of hydrogen-bond donors (Lipinski definition) is 1. The molecule has 0 saturated carbocycles. The summed E-state index contributed by atoms with van der Waals surface area (Å²) in [4.78, 5) is 18.9. The van der Waals surface area contributed by atoms with Crippen LogP contribution in [0.4, 0.5) is 0 Å². The number of methoxy groups -OCH3 is 1. The van der Waals surface area contributed by atoms with Gasteiger partial charge in [-0.05, 0) is 24.5 Å². The zero-order valence-electron chi connectivity index (χ0n) is 11.2. The average molecular weight is 271 g/mol. The van der Waals surface area contributed by atoms with Crippen LogP contribution in [0.25, 0.3) is 0 Å². The molecule has 1 aromatic rings. The van der Waals surface area contributed by atoms with Gasteiger partial charge in [-0.15, -0.1) is 11.3 Å². The third kappa shape index (κ3) is 4.40. The summed E-state index contributed by atoms with van der Waals surface area (Å²) in [5, 5.41) is 0. The number of ether oxygens (including phenoxy) is 1. The van der Waals surface area contributed by atoms with E-state index in [1.165, 1.54) is 10.4 Å². The van der Waals surface area contributed by atoms with Crippen molar-refractivity contribution in [3.8, 4) is 0 Å². The van der Waals surface area contributed by atoms with E-state index in [4.69, 9.17) is 9.57 Å². The van der Waals surface area contributed by atoms with Crippen molar-refractivity contribution in [3.63, 3.8) is 0 Å². The van der Waals surface area contributed by atoms with Gasteiger partial charge in [0.2, 0.25) is 0 Å². The Balaban J connectivity index is 2.56. The number of nitrogens with one attached hydrogen (secondary N) is 1. The lowest BCUT2D eigenvalue weighted by Crippen LogP contribution is -2.24. The van der Waals surface area contributed by atoms with E-state index in [9.17, 15) is 4.79 Å². The van der Waals surface area contributed by atoms with Gasteiger partial charge in [-0.25, -0.2) is 5.48 Å². The van der Waals surface area contributed by atoms with Gasteiger partial charge in [0.15, 0.2) is 0 Å². The number of aryl methyl sites for hydroxylation is 2. The molecule has 18 heavy (non-hydrogen) atoms. The second-order valence-electron chi connectivity index (χ2n) is 3.94. The quantitative estimate of drug-likeness (QED) is 0.584. The Morgan fingerprint density at radius 3 is 2.78 bits per heavy atom. The van der Waals surface area contributed by atoms with Gasteiger partial charge >= 0.3 is 0 Å². The summed E-state index contributed by atoms with van der Waals surface area (Å²) in [6.07, 6.45) is 3.09. The van der Waals surface area contributed by atoms with Gasteiger partial charge in [-0.1, -0.05) is 20.3 Å². The maximum Gasteiger partial charge on any atom is 0.284 e. The van der Waals surface area contributed by atoms with Crippen LogP contribution >= 0.6 is 11.3 Å². The molecule has 0 fully saturated rings. The first-order valence-corrected chi connectivity index (χ1v) is 7.07. The Hall–Kier alpha value is -0.910. The fourth-order valence-electron chi connectivity index (χ4n) is 1.61. The summed E-state index contributed by atoms with van der Waals surface area (Å²) in [7, 11) is 1.59. The first-order valence-electron chi connectivity index (χ1n) is 6.25. The van der Waals surface area contributed by atoms with Crippen molar-refractivity contribution in [1.82, 2.24) is 5.48 Å². The first kappa shape index (κ1) is 15.1. The van der Waals surface area contributed by atoms with Crippen LogP contribution in [0, 0.1) is 0 Å². The SMILES string of the molecule is CCCc1sc(C(=O)NOCCOC)cc1CC. The Morgan fingerprint density at radius 1 is 1.39 bits per heavy atom. The van der Waals surface area contributed by atoms with Crippen molar-refractivity contribution < 1.29 is 14.4 Å². The molecule has 1 rings (SSSR count). The molecular formula is C13H21NO3S. The number of thiophene rings is 1. The molecule has 0 atom stereocenters. The highest BCUT2D eigenvalue weighted by atomic mass is 32.1. The van der Waals surface area contributed by atoms with E-state index in [2.05, 4.69) is 19.3 Å². The fraction of sp³-hybridized carbons (Fsp3) is 0.615. The van der Waals surface area contributed by atoms with E-state index in [0.29, 0.717) is 18.1 Å². The van der Waals surface area contributed by atoms with Gasteiger partial charge in [-0.3, -0.25) is 9.63 Å². The summed E-state index contributed by atoms with van der Waals surface area (Å²) < 4.78 is 4.83. The van der Waals surface area contributed by atoms with Crippen LogP contribution < -0.4 is 5.48 Å². The van der Waals surface area contributed by atoms with Gasteiger partial charge in [0.1, 0.15) is 0 Å². The average Bonchev–Trinajstić information content (AvgIpc) is 2.78. The Bertz CT molecular complexity index is 376. The van der Waals surface area contributed by atoms with Crippen LogP contribution in [0.3, 0.4) is 0 Å². The summed E-state index contributed by atoms with van der Waals surface area (Å²) in [5.41, 5.74) is 3.70. The smallest absolute Gasteiger partial charge is 0.284 e. The molecule has 1 heterocycles. The summed E-state index contributed by atoms with van der Waals surface area (Å²) in [6.45, 7) is 5.08. The summed E-state index contributed by atoms with van der Waals surface area (Å²) in [5.74, 6) is -0.173. The Morgan fingerprint density at radius 2 is 2.17 bits per heavy atom. The number of amides is 1. The molecule has 1 amide bonds. The molecule has 4 nitrogen and oxygen atoms in total. The summed E-state index contributed by atoms with van der Waals surface area (Å²) in [6, 6.07) is 1.96. The molecule has 0 saturated heterocycles. The predicted octanol–water partition coefficient (Wildman–Crippen LogP) is 2.57. The van der Waals surface area contributed by atoms with Crippen LogP contribution in [0.5, 0.6) is 0 Å². The largest absolute Gasteiger partial charge is 0.382 e. The molecule has 0 aliphatic rings. The van der Waals surface area contributed by atoms with Crippen molar-refractivity contribution >= 4 is 17.2 Å². The second-order valence-corrected chi connectivity index (χ2v) is 5.07. The number of rotatable bonds is 8. The topological polar surface area (TPSA) is 47.6 Å². The maximum atomic E-state index is 11.8. The number of carbonyl (C=O) groups is 1. The third-order valence-corrected chi connectivity index (χ3v) is 3.77. The molecular weight excluding hydrogens is 250 g/mol. The zero-order chi connectivity index (χ0) is 13.4. The first-order chi connectivity index (χ1) is 8.72. The Kier molecular flexibility index (Phi) is 6.93. The highest BCUT2D eigenvalue weighted by Crippen LogP contribution is 2.24. The van der Waals surface area contributed by atoms with E-state index in [1.54, 1.807) is 18.4 Å². The normalized spacial score (nSPS) is 10.6. The minimum atomic E-state index is -0.173. The van der Waals surface area contributed by atoms with Crippen molar-refractivity contribution in [1.29, 1.82) is 0 Å². The van der Waals surface area contributed by atoms with Crippen molar-refractivity contribution in [3.05, 3.63) is 21.4 Å². The van der Waals surface area contributed by atoms with Crippen LogP contribution in [0.15, 0.2) is 6.07 Å².